The van der Waals surface area contributed by atoms with Crippen molar-refractivity contribution in [3.8, 4) is 0 Å². The van der Waals surface area contributed by atoms with E-state index in [1.165, 1.54) is 6.92 Å². The molecule has 9 unspecified atom stereocenters. The summed E-state index contributed by atoms with van der Waals surface area (Å²) in [7, 11) is 0. The fourth-order valence-electron chi connectivity index (χ4n) is 5.98. The van der Waals surface area contributed by atoms with Gasteiger partial charge in [0.1, 0.15) is 73.1 Å². The molecule has 3 saturated heterocycles. The van der Waals surface area contributed by atoms with Crippen LogP contribution in [-0.2, 0) is 42.8 Å². The van der Waals surface area contributed by atoms with E-state index in [1.54, 1.807) is 0 Å². The van der Waals surface area contributed by atoms with Gasteiger partial charge in [-0.1, -0.05) is 27.2 Å². The third kappa shape index (κ3) is 11.2. The highest BCUT2D eigenvalue weighted by molar-refractivity contribution is 5.76. The number of hydrogen-bond acceptors (Lipinski definition) is 17. The number of nitrogens with one attached hydrogen (secondary N) is 3. The Hall–Kier alpha value is -2.15. The summed E-state index contributed by atoms with van der Waals surface area (Å²) in [5.41, 5.74) is -0.201. The van der Waals surface area contributed by atoms with Crippen molar-refractivity contribution in [2.45, 2.75) is 139 Å². The quantitative estimate of drug-likeness (QED) is 0.0658. The summed E-state index contributed by atoms with van der Waals surface area (Å²) in [6.45, 7) is 5.84. The second-order valence-electron chi connectivity index (χ2n) is 13.7. The summed E-state index contributed by atoms with van der Waals surface area (Å²) in [6.07, 6.45) is -19.7. The van der Waals surface area contributed by atoms with E-state index in [2.05, 4.69) is 16.0 Å². The molecule has 20 heteroatoms. The fraction of sp³-hybridized carbons (Fsp3) is 0.903. The van der Waals surface area contributed by atoms with Crippen molar-refractivity contribution < 1.29 is 83.7 Å². The molecule has 296 valence electrons. The average Bonchev–Trinajstić information content (AvgIpc) is 3.07. The molecule has 0 saturated carbocycles. The third-order valence-electron chi connectivity index (χ3n) is 9.18. The summed E-state index contributed by atoms with van der Waals surface area (Å²) in [4.78, 5) is 36.7. The van der Waals surface area contributed by atoms with Gasteiger partial charge in [-0.2, -0.15) is 0 Å². The second kappa shape index (κ2) is 19.3. The average molecular weight is 742 g/mol. The van der Waals surface area contributed by atoms with Crippen LogP contribution in [-0.4, -0.2) is 184 Å². The topological polar surface area (TPSA) is 305 Å². The van der Waals surface area contributed by atoms with Crippen LogP contribution in [0.3, 0.4) is 0 Å². The lowest BCUT2D eigenvalue weighted by Crippen LogP contribution is -2.70. The van der Waals surface area contributed by atoms with Crippen molar-refractivity contribution >= 4 is 17.7 Å². The Kier molecular flexibility index (Phi) is 16.3. The predicted molar refractivity (Wildman–Crippen MR) is 170 cm³/mol. The van der Waals surface area contributed by atoms with Gasteiger partial charge in [0.15, 0.2) is 18.9 Å². The normalized spacial score (nSPS) is 38.9. The van der Waals surface area contributed by atoms with Gasteiger partial charge in [0, 0.05) is 26.8 Å². The maximum Gasteiger partial charge on any atom is 0.220 e. The highest BCUT2D eigenvalue weighted by Crippen LogP contribution is 2.33. The number of aliphatic hydroxyl groups is 8. The minimum atomic E-state index is -1.87. The zero-order chi connectivity index (χ0) is 38.2. The van der Waals surface area contributed by atoms with Crippen molar-refractivity contribution in [1.82, 2.24) is 16.0 Å². The Bertz CT molecular complexity index is 1130. The number of carbonyl (C=O) groups excluding carboxylic acids is 3. The van der Waals surface area contributed by atoms with Crippen molar-refractivity contribution in [1.29, 1.82) is 0 Å². The van der Waals surface area contributed by atoms with E-state index in [0.717, 1.165) is 13.3 Å². The number of ether oxygens (including phenoxy) is 6. The lowest BCUT2D eigenvalue weighted by Gasteiger charge is -2.49. The molecule has 0 radical (unpaired) electrons. The highest BCUT2D eigenvalue weighted by Gasteiger charge is 2.54. The largest absolute Gasteiger partial charge is 0.394 e. The van der Waals surface area contributed by atoms with Crippen LogP contribution in [0.15, 0.2) is 0 Å². The third-order valence-corrected chi connectivity index (χ3v) is 9.18. The summed E-state index contributed by atoms with van der Waals surface area (Å²) in [5, 5.41) is 91.3. The van der Waals surface area contributed by atoms with E-state index >= 15 is 0 Å². The molecule has 3 heterocycles. The smallest absolute Gasteiger partial charge is 0.220 e. The molecule has 51 heavy (non-hydrogen) atoms. The molecule has 3 fully saturated rings. The first kappa shape index (κ1) is 43.3. The first-order valence-electron chi connectivity index (χ1n) is 16.9. The van der Waals surface area contributed by atoms with Crippen molar-refractivity contribution in [2.75, 3.05) is 33.0 Å². The maximum absolute atomic E-state index is 12.3. The number of amides is 3. The molecule has 3 rings (SSSR count). The number of hydrogen-bond donors (Lipinski definition) is 11. The van der Waals surface area contributed by atoms with E-state index in [1.807, 2.05) is 20.8 Å². The van der Waals surface area contributed by atoms with E-state index in [4.69, 9.17) is 28.4 Å². The van der Waals surface area contributed by atoms with Gasteiger partial charge in [-0.3, -0.25) is 14.4 Å². The molecule has 0 aromatic carbocycles. The Labute approximate surface area is 295 Å². The van der Waals surface area contributed by atoms with Crippen LogP contribution in [0, 0.1) is 5.41 Å². The monoisotopic (exact) mass is 741 g/mol. The van der Waals surface area contributed by atoms with Crippen molar-refractivity contribution in [3.63, 3.8) is 0 Å². The summed E-state index contributed by atoms with van der Waals surface area (Å²) >= 11 is 0. The van der Waals surface area contributed by atoms with Crippen LogP contribution in [0.1, 0.15) is 47.5 Å². The van der Waals surface area contributed by atoms with E-state index < -0.39 is 124 Å². The standard InChI is InChI=1S/C31H55N3O17/c1-6-31(4,5)9-18(40)32-7-8-46-28-19(33-13(2)38)22(42)26(16(11-36)48-28)50-29-20(34-14(3)39)23(43)27(17(12-37)49-29)51-30-25(45)24(44)21(41)15(10-35)47-30/h15-17,19-30,35-37,41-45H,6-12H2,1-5H3,(H,32,40)(H,33,38)(H,34,39)/t15?,16?,17?,19-,20-,21-,22?,23?,24?,25-,26+,27-,28?,29?,30?/m0/s1. The molecule has 15 atom stereocenters. The van der Waals surface area contributed by atoms with E-state index in [9.17, 15) is 55.2 Å². The maximum atomic E-state index is 12.3. The lowest BCUT2D eigenvalue weighted by atomic mass is 9.86. The first-order valence-corrected chi connectivity index (χ1v) is 16.9. The molecule has 3 amide bonds. The molecule has 3 aliphatic heterocycles. The van der Waals surface area contributed by atoms with Crippen LogP contribution >= 0.6 is 0 Å². The SMILES string of the molecule is CCC(C)(C)CC(=O)NCCOC1OC(CO)[C@@H](OC2OC(CO)[C@H](OC3OC(CO)[C@H](O)C(O)[C@@H]3O)C(O)[C@@H]2NC(C)=O)C(O)[C@@H]1NC(C)=O. The molecule has 20 nitrogen and oxygen atoms in total. The summed E-state index contributed by atoms with van der Waals surface area (Å²) < 4.78 is 34.6. The zero-order valence-corrected chi connectivity index (χ0v) is 29.4. The van der Waals surface area contributed by atoms with Gasteiger partial charge >= 0.3 is 0 Å². The molecule has 3 aliphatic rings. The van der Waals surface area contributed by atoms with Crippen LogP contribution in [0.2, 0.25) is 0 Å². The van der Waals surface area contributed by atoms with Gasteiger partial charge in [0.05, 0.1) is 26.4 Å². The van der Waals surface area contributed by atoms with Gasteiger partial charge in [0.2, 0.25) is 17.7 Å². The Morgan fingerprint density at radius 3 is 1.63 bits per heavy atom. The van der Waals surface area contributed by atoms with Crippen molar-refractivity contribution in [3.05, 3.63) is 0 Å². The zero-order valence-electron chi connectivity index (χ0n) is 29.4. The number of aliphatic hydroxyl groups excluding tert-OH is 8. The van der Waals surface area contributed by atoms with Crippen LogP contribution in [0.4, 0.5) is 0 Å². The molecule has 0 aromatic heterocycles. The Balaban J connectivity index is 1.77. The fourth-order valence-corrected chi connectivity index (χ4v) is 5.98. The Morgan fingerprint density at radius 1 is 0.667 bits per heavy atom. The van der Waals surface area contributed by atoms with Crippen LogP contribution in [0.25, 0.3) is 0 Å². The van der Waals surface area contributed by atoms with Gasteiger partial charge < -0.3 is 85.2 Å². The lowest BCUT2D eigenvalue weighted by molar-refractivity contribution is -0.362. The van der Waals surface area contributed by atoms with E-state index in [-0.39, 0.29) is 30.9 Å². The minimum Gasteiger partial charge on any atom is -0.394 e. The van der Waals surface area contributed by atoms with E-state index in [0.29, 0.717) is 0 Å². The van der Waals surface area contributed by atoms with Gasteiger partial charge in [-0.05, 0) is 5.41 Å². The first-order chi connectivity index (χ1) is 24.0. The molecule has 0 aromatic rings. The van der Waals surface area contributed by atoms with Gasteiger partial charge in [-0.25, -0.2) is 0 Å². The molecule has 0 aliphatic carbocycles. The van der Waals surface area contributed by atoms with Gasteiger partial charge in [-0.15, -0.1) is 0 Å². The molecular weight excluding hydrogens is 686 g/mol. The summed E-state index contributed by atoms with van der Waals surface area (Å²) in [6, 6.07) is -2.78. The molecule has 0 bridgehead atoms. The minimum absolute atomic E-state index is 0.0756. The second-order valence-corrected chi connectivity index (χ2v) is 13.7. The predicted octanol–water partition coefficient (Wildman–Crippen LogP) is -5.32. The highest BCUT2D eigenvalue weighted by atomic mass is 16.8. The van der Waals surface area contributed by atoms with Crippen LogP contribution < -0.4 is 16.0 Å². The number of rotatable bonds is 16. The number of carbonyl (C=O) groups is 3. The summed E-state index contributed by atoms with van der Waals surface area (Å²) in [5.74, 6) is -1.46. The molecule has 11 N–H and O–H groups in total. The molecule has 0 spiro atoms. The van der Waals surface area contributed by atoms with Gasteiger partial charge in [0.25, 0.3) is 0 Å². The molecular formula is C31H55N3O17. The van der Waals surface area contributed by atoms with Crippen molar-refractivity contribution in [2.24, 2.45) is 5.41 Å². The van der Waals surface area contributed by atoms with Crippen LogP contribution in [0.5, 0.6) is 0 Å². The Morgan fingerprint density at radius 2 is 1.14 bits per heavy atom.